The van der Waals surface area contributed by atoms with Crippen molar-refractivity contribution in [1.29, 1.82) is 0 Å². The molecule has 0 aromatic carbocycles. The van der Waals surface area contributed by atoms with E-state index in [1.165, 1.54) is 25.7 Å². The minimum atomic E-state index is -0.945. The van der Waals surface area contributed by atoms with Crippen molar-refractivity contribution in [1.82, 2.24) is 10.2 Å². The van der Waals surface area contributed by atoms with Crippen molar-refractivity contribution in [2.45, 2.75) is 46.0 Å². The highest BCUT2D eigenvalue weighted by atomic mass is 16.4. The zero-order valence-corrected chi connectivity index (χ0v) is 11.6. The van der Waals surface area contributed by atoms with Crippen molar-refractivity contribution in [2.24, 2.45) is 5.92 Å². The highest BCUT2D eigenvalue weighted by molar-refractivity contribution is 5.94. The van der Waals surface area contributed by atoms with Crippen LogP contribution in [0, 0.1) is 19.8 Å². The predicted molar refractivity (Wildman–Crippen MR) is 73.5 cm³/mol. The summed E-state index contributed by atoms with van der Waals surface area (Å²) < 4.78 is 0. The number of aryl methyl sites for hydroxylation is 1. The van der Waals surface area contributed by atoms with Gasteiger partial charge in [-0.3, -0.25) is 0 Å². The summed E-state index contributed by atoms with van der Waals surface area (Å²) in [5, 5.41) is 20.4. The first-order valence-corrected chi connectivity index (χ1v) is 6.90. The maximum absolute atomic E-state index is 11.3. The lowest BCUT2D eigenvalue weighted by molar-refractivity contribution is 0.0696. The van der Waals surface area contributed by atoms with Crippen LogP contribution in [0.25, 0.3) is 0 Å². The molecule has 0 amide bonds. The van der Waals surface area contributed by atoms with Gasteiger partial charge >= 0.3 is 5.97 Å². The molecule has 2 rings (SSSR count). The van der Waals surface area contributed by atoms with Crippen molar-refractivity contribution in [3.63, 3.8) is 0 Å². The number of carboxylic acid groups (broad SMARTS) is 1. The summed E-state index contributed by atoms with van der Waals surface area (Å²) >= 11 is 0. The Morgan fingerprint density at radius 2 is 2.00 bits per heavy atom. The largest absolute Gasteiger partial charge is 0.478 e. The lowest BCUT2D eigenvalue weighted by Gasteiger charge is -2.13. The van der Waals surface area contributed by atoms with Gasteiger partial charge in [0.15, 0.2) is 5.82 Å². The predicted octanol–water partition coefficient (Wildman–Crippen LogP) is 2.78. The topological polar surface area (TPSA) is 75.1 Å². The molecule has 1 aromatic rings. The Kier molecular flexibility index (Phi) is 4.35. The summed E-state index contributed by atoms with van der Waals surface area (Å²) in [4.78, 5) is 11.3. The first-order chi connectivity index (χ1) is 9.09. The van der Waals surface area contributed by atoms with E-state index >= 15 is 0 Å². The number of rotatable bonds is 5. The summed E-state index contributed by atoms with van der Waals surface area (Å²) in [5.74, 6) is 0.229. The quantitative estimate of drug-likeness (QED) is 0.854. The summed E-state index contributed by atoms with van der Waals surface area (Å²) in [6, 6.07) is 0. The van der Waals surface area contributed by atoms with Gasteiger partial charge in [-0.2, -0.15) is 5.10 Å². The van der Waals surface area contributed by atoms with Gasteiger partial charge in [-0.25, -0.2) is 4.79 Å². The van der Waals surface area contributed by atoms with Crippen molar-refractivity contribution in [3.8, 4) is 0 Å². The van der Waals surface area contributed by atoms with Gasteiger partial charge in [0.25, 0.3) is 0 Å². The maximum Gasteiger partial charge on any atom is 0.339 e. The number of aromatic nitrogens is 2. The molecular formula is C14H21N3O2. The van der Waals surface area contributed by atoms with Crippen LogP contribution >= 0.6 is 0 Å². The fourth-order valence-electron chi connectivity index (χ4n) is 2.69. The fourth-order valence-corrected chi connectivity index (χ4v) is 2.69. The molecule has 1 saturated carbocycles. The third-order valence-electron chi connectivity index (χ3n) is 3.99. The van der Waals surface area contributed by atoms with Crippen LogP contribution in [0.4, 0.5) is 5.82 Å². The molecule has 5 heteroatoms. The van der Waals surface area contributed by atoms with Gasteiger partial charge in [0.05, 0.1) is 5.69 Å². The van der Waals surface area contributed by atoms with E-state index in [0.29, 0.717) is 17.1 Å². The molecule has 0 bridgehead atoms. The van der Waals surface area contributed by atoms with Crippen LogP contribution in [0.2, 0.25) is 0 Å². The summed E-state index contributed by atoms with van der Waals surface area (Å²) in [5.41, 5.74) is 1.60. The van der Waals surface area contributed by atoms with Crippen LogP contribution in [0.5, 0.6) is 0 Å². The van der Waals surface area contributed by atoms with Crippen LogP contribution in [0.3, 0.4) is 0 Å². The van der Waals surface area contributed by atoms with Gasteiger partial charge in [0.2, 0.25) is 0 Å². The average molecular weight is 263 g/mol. The number of carboxylic acids is 1. The second kappa shape index (κ2) is 5.99. The summed E-state index contributed by atoms with van der Waals surface area (Å²) in [6.45, 7) is 4.31. The number of aromatic carboxylic acids is 1. The lowest BCUT2D eigenvalue weighted by Crippen LogP contribution is -2.15. The normalized spacial score (nSPS) is 15.7. The third-order valence-corrected chi connectivity index (χ3v) is 3.99. The fraction of sp³-hybridized carbons (Fsp3) is 0.643. The van der Waals surface area contributed by atoms with Crippen molar-refractivity contribution in [2.75, 3.05) is 11.9 Å². The Morgan fingerprint density at radius 3 is 2.63 bits per heavy atom. The monoisotopic (exact) mass is 263 g/mol. The molecule has 104 valence electrons. The summed E-state index contributed by atoms with van der Waals surface area (Å²) in [7, 11) is 0. The zero-order valence-electron chi connectivity index (χ0n) is 11.6. The first-order valence-electron chi connectivity index (χ1n) is 6.90. The Balaban J connectivity index is 2.02. The molecule has 0 aliphatic heterocycles. The molecule has 1 fully saturated rings. The van der Waals surface area contributed by atoms with Crippen LogP contribution in [-0.4, -0.2) is 27.8 Å². The van der Waals surface area contributed by atoms with Crippen LogP contribution in [-0.2, 0) is 0 Å². The first kappa shape index (κ1) is 13.8. The Bertz CT molecular complexity index is 468. The maximum atomic E-state index is 11.3. The van der Waals surface area contributed by atoms with E-state index in [4.69, 9.17) is 0 Å². The molecule has 0 unspecified atom stereocenters. The van der Waals surface area contributed by atoms with Crippen LogP contribution in [0.15, 0.2) is 0 Å². The number of anilines is 1. The van der Waals surface area contributed by atoms with Crippen LogP contribution in [0.1, 0.15) is 53.7 Å². The number of hydrogen-bond donors (Lipinski definition) is 2. The molecule has 0 spiro atoms. The Labute approximate surface area is 113 Å². The van der Waals surface area contributed by atoms with Gasteiger partial charge < -0.3 is 10.4 Å². The van der Waals surface area contributed by atoms with E-state index in [9.17, 15) is 9.90 Å². The number of nitrogens with zero attached hydrogens (tertiary/aromatic N) is 2. The molecule has 2 N–H and O–H groups in total. The highest BCUT2D eigenvalue weighted by Crippen LogP contribution is 2.27. The molecule has 19 heavy (non-hydrogen) atoms. The molecule has 1 aliphatic rings. The van der Waals surface area contributed by atoms with Crippen molar-refractivity contribution in [3.05, 3.63) is 16.8 Å². The van der Waals surface area contributed by atoms with Gasteiger partial charge in [-0.1, -0.05) is 25.7 Å². The highest BCUT2D eigenvalue weighted by Gasteiger charge is 2.18. The van der Waals surface area contributed by atoms with Crippen molar-refractivity contribution >= 4 is 11.8 Å². The number of nitrogens with one attached hydrogen (secondary N) is 1. The van der Waals surface area contributed by atoms with E-state index < -0.39 is 5.97 Å². The van der Waals surface area contributed by atoms with Crippen LogP contribution < -0.4 is 5.32 Å². The number of hydrogen-bond acceptors (Lipinski definition) is 4. The van der Waals surface area contributed by atoms with Gasteiger partial charge in [-0.15, -0.1) is 5.10 Å². The Hall–Kier alpha value is -1.65. The van der Waals surface area contributed by atoms with E-state index in [-0.39, 0.29) is 5.56 Å². The third kappa shape index (κ3) is 3.22. The average Bonchev–Trinajstić information content (AvgIpc) is 2.86. The second-order valence-electron chi connectivity index (χ2n) is 5.31. The lowest BCUT2D eigenvalue weighted by atomic mass is 10.0. The van der Waals surface area contributed by atoms with Gasteiger partial charge in [0.1, 0.15) is 5.56 Å². The molecule has 1 aromatic heterocycles. The molecule has 1 aliphatic carbocycles. The van der Waals surface area contributed by atoms with E-state index in [2.05, 4.69) is 15.5 Å². The standard InChI is InChI=1S/C14H21N3O2/c1-9-10(2)16-17-13(12(9)14(18)19)15-8-7-11-5-3-4-6-11/h11H,3-8H2,1-2H3,(H,15,17)(H,18,19). The zero-order chi connectivity index (χ0) is 13.8. The molecule has 0 saturated heterocycles. The van der Waals surface area contributed by atoms with E-state index in [0.717, 1.165) is 18.9 Å². The minimum absolute atomic E-state index is 0.249. The second-order valence-corrected chi connectivity index (χ2v) is 5.31. The molecule has 0 radical (unpaired) electrons. The molecular weight excluding hydrogens is 242 g/mol. The molecule has 0 atom stereocenters. The molecule has 5 nitrogen and oxygen atoms in total. The SMILES string of the molecule is Cc1nnc(NCCC2CCCC2)c(C(=O)O)c1C. The minimum Gasteiger partial charge on any atom is -0.478 e. The van der Waals surface area contributed by atoms with E-state index in [1.54, 1.807) is 13.8 Å². The van der Waals surface area contributed by atoms with Crippen molar-refractivity contribution < 1.29 is 9.90 Å². The smallest absolute Gasteiger partial charge is 0.339 e. The van der Waals surface area contributed by atoms with Gasteiger partial charge in [-0.05, 0) is 31.7 Å². The molecule has 1 heterocycles. The summed E-state index contributed by atoms with van der Waals surface area (Å²) in [6.07, 6.45) is 6.33. The Morgan fingerprint density at radius 1 is 1.32 bits per heavy atom. The van der Waals surface area contributed by atoms with E-state index in [1.807, 2.05) is 0 Å². The van der Waals surface area contributed by atoms with Gasteiger partial charge in [0, 0.05) is 6.54 Å². The number of carbonyl (C=O) groups is 1.